The third kappa shape index (κ3) is 2.70. The van der Waals surface area contributed by atoms with E-state index in [0.717, 1.165) is 13.2 Å². The van der Waals surface area contributed by atoms with E-state index < -0.39 is 28.8 Å². The van der Waals surface area contributed by atoms with Crippen LogP contribution in [-0.4, -0.2) is 49.0 Å². The molecule has 25 heavy (non-hydrogen) atoms. The number of phenolic OH excluding ortho intramolecular Hbond substituents is 1. The van der Waals surface area contributed by atoms with Gasteiger partial charge in [-0.15, -0.1) is 0 Å². The van der Waals surface area contributed by atoms with Crippen LogP contribution < -0.4 is 5.32 Å². The Kier molecular flexibility index (Phi) is 4.35. The second-order valence-corrected chi connectivity index (χ2v) is 5.88. The van der Waals surface area contributed by atoms with E-state index in [-0.39, 0.29) is 23.8 Å². The molecule has 2 heterocycles. The monoisotopic (exact) mass is 349 g/mol. The van der Waals surface area contributed by atoms with E-state index in [1.165, 1.54) is 18.2 Å². The molecule has 0 aliphatic carbocycles. The summed E-state index contributed by atoms with van der Waals surface area (Å²) in [6.07, 6.45) is 1.76. The van der Waals surface area contributed by atoms with E-state index in [2.05, 4.69) is 9.97 Å². The molecule has 10 heteroatoms. The Balaban J connectivity index is 2.16. The Labute approximate surface area is 142 Å². The summed E-state index contributed by atoms with van der Waals surface area (Å²) in [5.41, 5.74) is -1.33. The van der Waals surface area contributed by atoms with E-state index in [1.54, 1.807) is 0 Å². The van der Waals surface area contributed by atoms with Gasteiger partial charge in [-0.05, 0) is 0 Å². The van der Waals surface area contributed by atoms with Crippen molar-refractivity contribution in [1.29, 1.82) is 5.26 Å². The van der Waals surface area contributed by atoms with Gasteiger partial charge in [0, 0.05) is 0 Å². The average Bonchev–Trinajstić information content (AvgIpc) is 2.60. The van der Waals surface area contributed by atoms with Crippen LogP contribution in [0.15, 0.2) is 12.1 Å². The van der Waals surface area contributed by atoms with Crippen LogP contribution >= 0.6 is 0 Å². The van der Waals surface area contributed by atoms with Crippen LogP contribution in [0.4, 0.5) is 8.78 Å². The fraction of sp³-hybridized carbons (Fsp3) is 0.400. The topological polar surface area (TPSA) is 94.8 Å². The number of nitrogens with one attached hydrogen (secondary N) is 1. The Morgan fingerprint density at radius 1 is 1.52 bits per heavy atom. The zero-order valence-corrected chi connectivity index (χ0v) is 13.3. The average molecular weight is 349 g/mol. The molecule has 2 aliphatic heterocycles. The van der Waals surface area contributed by atoms with Gasteiger partial charge in [-0.1, -0.05) is 0 Å². The molecule has 2 aliphatic rings. The number of rotatable bonds is 2. The van der Waals surface area contributed by atoms with Gasteiger partial charge < -0.3 is 0 Å². The summed E-state index contributed by atoms with van der Waals surface area (Å²) in [6.45, 7) is 0.222. The van der Waals surface area contributed by atoms with Gasteiger partial charge in [0.1, 0.15) is 0 Å². The van der Waals surface area contributed by atoms with Crippen molar-refractivity contribution in [2.75, 3.05) is 20.3 Å². The predicted octanol–water partition coefficient (Wildman–Crippen LogP) is 0.168. The number of ether oxygens (including phenoxy) is 1. The van der Waals surface area contributed by atoms with Gasteiger partial charge in [0.05, 0.1) is 0 Å². The van der Waals surface area contributed by atoms with Crippen molar-refractivity contribution in [2.45, 2.75) is 12.0 Å². The van der Waals surface area contributed by atoms with E-state index in [0.29, 0.717) is 19.1 Å². The van der Waals surface area contributed by atoms with Crippen LogP contribution in [-0.2, 0) is 19.7 Å². The van der Waals surface area contributed by atoms with Gasteiger partial charge in [-0.25, -0.2) is 0 Å². The van der Waals surface area contributed by atoms with Crippen LogP contribution in [0.1, 0.15) is 12.0 Å². The first-order valence-electron chi connectivity index (χ1n) is 7.47. The van der Waals surface area contributed by atoms with Gasteiger partial charge in [-0.2, -0.15) is 0 Å². The van der Waals surface area contributed by atoms with Gasteiger partial charge >= 0.3 is 142 Å². The first kappa shape index (κ1) is 17.2. The summed E-state index contributed by atoms with van der Waals surface area (Å²) in [5, 5.41) is 21.2. The first-order chi connectivity index (χ1) is 11.9. The van der Waals surface area contributed by atoms with Crippen molar-refractivity contribution < 1.29 is 28.1 Å². The third-order valence-electron chi connectivity index (χ3n) is 4.56. The number of carbonyl (C=O) groups is 1. The number of hydrogen-bond acceptors (Lipinski definition) is 6. The molecule has 1 amide bonds. The molecule has 0 bridgehead atoms. The summed E-state index contributed by atoms with van der Waals surface area (Å²) in [5.74, 6) is -3.80. The Morgan fingerprint density at radius 2 is 2.28 bits per heavy atom. The second kappa shape index (κ2) is 6.33. The number of hydrogen-bond donors (Lipinski definition) is 2. The summed E-state index contributed by atoms with van der Waals surface area (Å²) in [6, 6.07) is 1.51. The van der Waals surface area contributed by atoms with Crippen molar-refractivity contribution in [1.82, 2.24) is 10.2 Å². The van der Waals surface area contributed by atoms with Gasteiger partial charge in [0.2, 0.25) is 0 Å². The number of carbonyl (C=O) groups excluding carboxylic acids is 1. The number of halogens is 2. The molecule has 130 valence electrons. The summed E-state index contributed by atoms with van der Waals surface area (Å²) >= 11 is 0. The van der Waals surface area contributed by atoms with E-state index >= 15 is 0 Å². The van der Waals surface area contributed by atoms with Crippen LogP contribution in [0.5, 0.6) is 5.75 Å². The molecule has 0 aromatic heterocycles. The molecule has 0 spiro atoms. The van der Waals surface area contributed by atoms with Crippen molar-refractivity contribution in [3.63, 3.8) is 0 Å². The van der Waals surface area contributed by atoms with Crippen molar-refractivity contribution in [3.05, 3.63) is 29.3 Å². The summed E-state index contributed by atoms with van der Waals surface area (Å²) in [4.78, 5) is 14.0. The number of nitrogens with zero attached hydrogens (tertiary/aromatic N) is 2. The number of fused-ring (bicyclic) bond motifs is 1. The normalized spacial score (nSPS) is 27.1. The van der Waals surface area contributed by atoms with E-state index in [1.807, 2.05) is 0 Å². The van der Waals surface area contributed by atoms with Crippen LogP contribution in [0.25, 0.3) is 0 Å². The van der Waals surface area contributed by atoms with Gasteiger partial charge in [0.15, 0.2) is 0 Å². The van der Waals surface area contributed by atoms with Gasteiger partial charge in [-0.3, -0.25) is 0 Å². The van der Waals surface area contributed by atoms with Crippen molar-refractivity contribution in [3.8, 4) is 12.0 Å². The molecule has 2 saturated heterocycles. The zero-order valence-electron chi connectivity index (χ0n) is 13.3. The molecular formula is C15H14BF2N3O4. The zero-order chi connectivity index (χ0) is 18.2. The standard InChI is InChI=1S/C15H14BF2N3O4/c1-21-13(23)8-2-3-24-6-15(8,20-14(21)16-25-7-19)9-4-12(22)11(18)5-10(9)17/h4-5,8,20,22H,2-3,6H2,1H3. The second-order valence-electron chi connectivity index (χ2n) is 5.88. The van der Waals surface area contributed by atoms with Crippen LogP contribution in [0.2, 0.25) is 0 Å². The van der Waals surface area contributed by atoms with E-state index in [4.69, 9.17) is 10.00 Å². The number of amides is 1. The van der Waals surface area contributed by atoms with Gasteiger partial charge in [0.25, 0.3) is 0 Å². The van der Waals surface area contributed by atoms with Crippen LogP contribution in [0, 0.1) is 29.1 Å². The molecule has 3 rings (SSSR count). The quantitative estimate of drug-likeness (QED) is 0.584. The van der Waals surface area contributed by atoms with Crippen molar-refractivity contribution >= 4 is 18.7 Å². The maximum absolute atomic E-state index is 14.5. The molecule has 2 atom stereocenters. The third-order valence-corrected chi connectivity index (χ3v) is 4.56. The molecule has 2 N–H and O–H groups in total. The molecule has 0 saturated carbocycles. The SMILES string of the molecule is CN1C(=O)C2CCOCC2(c2cc(O)c(F)cc2F)NC1=BOC#N. The molecule has 0 radical (unpaired) electrons. The summed E-state index contributed by atoms with van der Waals surface area (Å²) < 4.78 is 38.0. The molecule has 2 fully saturated rings. The van der Waals surface area contributed by atoms with Crippen molar-refractivity contribution in [2.24, 2.45) is 5.92 Å². The number of benzene rings is 1. The molecule has 1 aromatic carbocycles. The minimum atomic E-state index is -1.36. The Bertz CT molecular complexity index is 798. The first-order valence-corrected chi connectivity index (χ1v) is 7.47. The molecular weight excluding hydrogens is 335 g/mol. The number of phenols is 1. The molecule has 2 unspecified atom stereocenters. The molecule has 7 nitrogen and oxygen atoms in total. The predicted molar refractivity (Wildman–Crippen MR) is 82.0 cm³/mol. The Morgan fingerprint density at radius 3 is 3.00 bits per heavy atom. The number of nitriles is 1. The Hall–Kier alpha value is -2.67. The number of aromatic hydroxyl groups is 1. The maximum atomic E-state index is 14.5. The van der Waals surface area contributed by atoms with E-state index in [9.17, 15) is 18.7 Å². The summed E-state index contributed by atoms with van der Waals surface area (Å²) in [7, 11) is 2.51. The minimum absolute atomic E-state index is 0.0802. The van der Waals surface area contributed by atoms with Crippen LogP contribution in [0.3, 0.4) is 0 Å². The fourth-order valence-electron chi connectivity index (χ4n) is 3.31. The fourth-order valence-corrected chi connectivity index (χ4v) is 3.31. The molecule has 1 aromatic rings.